The first kappa shape index (κ1) is 18.0. The van der Waals surface area contributed by atoms with Crippen molar-refractivity contribution >= 4 is 11.9 Å². The molecule has 1 saturated heterocycles. The second-order valence-electron chi connectivity index (χ2n) is 5.54. The molecule has 2 atom stereocenters. The number of ether oxygens (including phenoxy) is 3. The fourth-order valence-electron chi connectivity index (χ4n) is 2.52. The van der Waals surface area contributed by atoms with Crippen molar-refractivity contribution in [1.82, 2.24) is 4.57 Å². The molecule has 0 amide bonds. The Hall–Kier alpha value is -2.39. The van der Waals surface area contributed by atoms with Crippen LogP contribution in [-0.4, -0.2) is 52.8 Å². The van der Waals surface area contributed by atoms with Crippen LogP contribution >= 0.6 is 0 Å². The third kappa shape index (κ3) is 3.26. The number of rotatable bonds is 5. The van der Waals surface area contributed by atoms with Crippen molar-refractivity contribution in [3.63, 3.8) is 0 Å². The molecule has 2 heterocycles. The van der Waals surface area contributed by atoms with E-state index in [0.29, 0.717) is 6.42 Å². The van der Waals surface area contributed by atoms with E-state index >= 15 is 0 Å². The van der Waals surface area contributed by atoms with Gasteiger partial charge in [-0.05, 0) is 20.3 Å². The Bertz CT molecular complexity index is 708. The van der Waals surface area contributed by atoms with E-state index < -0.39 is 47.1 Å². The van der Waals surface area contributed by atoms with Crippen LogP contribution in [0.1, 0.15) is 47.2 Å². The number of hydrogen-bond acceptors (Lipinski definition) is 7. The minimum absolute atomic E-state index is 0.224. The van der Waals surface area contributed by atoms with Crippen LogP contribution in [0.4, 0.5) is 0 Å². The SMILES string of the molecule is COc1c(C(=O)OC(C)C)n([C@@H]2CCOC2O)cc(C(=O)O)c1=O. The van der Waals surface area contributed by atoms with E-state index in [2.05, 4.69) is 0 Å². The molecule has 1 aromatic heterocycles. The monoisotopic (exact) mass is 341 g/mol. The molecule has 2 rings (SSSR count). The number of aromatic nitrogens is 1. The summed E-state index contributed by atoms with van der Waals surface area (Å²) in [4.78, 5) is 36.0. The zero-order valence-electron chi connectivity index (χ0n) is 13.5. The number of aromatic carboxylic acids is 1. The van der Waals surface area contributed by atoms with Gasteiger partial charge in [-0.1, -0.05) is 0 Å². The summed E-state index contributed by atoms with van der Waals surface area (Å²) in [5.41, 5.74) is -1.77. The Morgan fingerprint density at radius 1 is 1.42 bits per heavy atom. The highest BCUT2D eigenvalue weighted by atomic mass is 16.6. The lowest BCUT2D eigenvalue weighted by molar-refractivity contribution is -0.0790. The molecule has 0 radical (unpaired) electrons. The van der Waals surface area contributed by atoms with Crippen LogP contribution in [0.25, 0.3) is 0 Å². The zero-order valence-corrected chi connectivity index (χ0v) is 13.5. The van der Waals surface area contributed by atoms with Crippen molar-refractivity contribution in [3.8, 4) is 5.75 Å². The van der Waals surface area contributed by atoms with E-state index in [1.165, 1.54) is 4.57 Å². The topological polar surface area (TPSA) is 124 Å². The van der Waals surface area contributed by atoms with Crippen LogP contribution in [0, 0.1) is 0 Å². The van der Waals surface area contributed by atoms with E-state index in [-0.39, 0.29) is 12.3 Å². The minimum Gasteiger partial charge on any atom is -0.491 e. The van der Waals surface area contributed by atoms with Gasteiger partial charge in [0, 0.05) is 6.20 Å². The lowest BCUT2D eigenvalue weighted by Gasteiger charge is -2.23. The van der Waals surface area contributed by atoms with Gasteiger partial charge in [0.2, 0.25) is 5.43 Å². The Morgan fingerprint density at radius 3 is 2.54 bits per heavy atom. The van der Waals surface area contributed by atoms with E-state index in [4.69, 9.17) is 14.2 Å². The number of methoxy groups -OCH3 is 1. The number of carboxylic acid groups (broad SMARTS) is 1. The summed E-state index contributed by atoms with van der Waals surface area (Å²) < 4.78 is 16.3. The summed E-state index contributed by atoms with van der Waals surface area (Å²) in [6, 6.07) is -0.743. The van der Waals surface area contributed by atoms with Crippen LogP contribution in [0.3, 0.4) is 0 Å². The van der Waals surface area contributed by atoms with Crippen LogP contribution in [0.15, 0.2) is 11.0 Å². The van der Waals surface area contributed by atoms with Gasteiger partial charge in [0.25, 0.3) is 0 Å². The number of aliphatic hydroxyl groups excluding tert-OH is 1. The van der Waals surface area contributed by atoms with Crippen molar-refractivity contribution in [2.24, 2.45) is 0 Å². The Balaban J connectivity index is 2.73. The van der Waals surface area contributed by atoms with Gasteiger partial charge in [0.1, 0.15) is 5.56 Å². The molecule has 2 N–H and O–H groups in total. The van der Waals surface area contributed by atoms with Crippen molar-refractivity contribution in [2.75, 3.05) is 13.7 Å². The number of aliphatic hydroxyl groups is 1. The quantitative estimate of drug-likeness (QED) is 0.738. The van der Waals surface area contributed by atoms with E-state index in [1.807, 2.05) is 0 Å². The molecule has 9 heteroatoms. The Kier molecular flexibility index (Phi) is 5.25. The predicted molar refractivity (Wildman–Crippen MR) is 80.4 cm³/mol. The molecule has 0 aromatic carbocycles. The van der Waals surface area contributed by atoms with E-state index in [9.17, 15) is 24.6 Å². The smallest absolute Gasteiger partial charge is 0.359 e. The lowest BCUT2D eigenvalue weighted by Crippen LogP contribution is -2.31. The molecule has 0 aliphatic carbocycles. The third-order valence-corrected chi connectivity index (χ3v) is 3.55. The molecule has 1 aliphatic rings. The number of nitrogens with zero attached hydrogens (tertiary/aromatic N) is 1. The molecule has 132 valence electrons. The number of carbonyl (C=O) groups is 2. The van der Waals surface area contributed by atoms with Crippen LogP contribution < -0.4 is 10.2 Å². The standard InChI is InChI=1S/C15H19NO8/c1-7(2)24-15(21)10-12(22-3)11(17)8(13(18)19)6-16(10)9-4-5-23-14(9)20/h6-7,9,14,20H,4-5H2,1-3H3,(H,18,19)/t9-,14?/m1/s1. The Morgan fingerprint density at radius 2 is 2.08 bits per heavy atom. The molecule has 1 unspecified atom stereocenters. The van der Waals surface area contributed by atoms with Crippen molar-refractivity contribution < 1.29 is 34.0 Å². The first-order valence-corrected chi connectivity index (χ1v) is 7.35. The van der Waals surface area contributed by atoms with Crippen LogP contribution in [-0.2, 0) is 9.47 Å². The summed E-state index contributed by atoms with van der Waals surface area (Å²) in [6.45, 7) is 3.49. The second-order valence-corrected chi connectivity index (χ2v) is 5.54. The predicted octanol–water partition coefficient (Wildman–Crippen LogP) is 0.400. The van der Waals surface area contributed by atoms with Gasteiger partial charge in [-0.2, -0.15) is 0 Å². The highest BCUT2D eigenvalue weighted by Gasteiger charge is 2.35. The Labute approximate surface area is 137 Å². The largest absolute Gasteiger partial charge is 0.491 e. The molecule has 0 bridgehead atoms. The molecule has 0 saturated carbocycles. The van der Waals surface area contributed by atoms with Crippen LogP contribution in [0.2, 0.25) is 0 Å². The van der Waals surface area contributed by atoms with Crippen molar-refractivity contribution in [2.45, 2.75) is 38.7 Å². The highest BCUT2D eigenvalue weighted by Crippen LogP contribution is 2.29. The van der Waals surface area contributed by atoms with E-state index in [1.54, 1.807) is 13.8 Å². The molecule has 0 spiro atoms. The maximum absolute atomic E-state index is 12.4. The summed E-state index contributed by atoms with van der Waals surface area (Å²) in [5.74, 6) is -2.76. The summed E-state index contributed by atoms with van der Waals surface area (Å²) in [7, 11) is 1.15. The number of hydrogen-bond donors (Lipinski definition) is 2. The lowest BCUT2D eigenvalue weighted by atomic mass is 10.1. The average molecular weight is 341 g/mol. The highest BCUT2D eigenvalue weighted by molar-refractivity contribution is 5.93. The van der Waals surface area contributed by atoms with Gasteiger partial charge < -0.3 is 29.0 Å². The first-order chi connectivity index (χ1) is 11.3. The molecule has 1 fully saturated rings. The van der Waals surface area contributed by atoms with Crippen molar-refractivity contribution in [3.05, 3.63) is 27.7 Å². The van der Waals surface area contributed by atoms with Gasteiger partial charge in [0.15, 0.2) is 17.7 Å². The molecule has 1 aromatic rings. The maximum atomic E-state index is 12.4. The van der Waals surface area contributed by atoms with Crippen molar-refractivity contribution in [1.29, 1.82) is 0 Å². The third-order valence-electron chi connectivity index (χ3n) is 3.55. The minimum atomic E-state index is -1.47. The summed E-state index contributed by atoms with van der Waals surface area (Å²) in [6.07, 6.45) is -0.375. The summed E-state index contributed by atoms with van der Waals surface area (Å²) >= 11 is 0. The zero-order chi connectivity index (χ0) is 18.0. The second kappa shape index (κ2) is 7.02. The number of carbonyl (C=O) groups excluding carboxylic acids is 1. The van der Waals surface area contributed by atoms with Gasteiger partial charge in [0.05, 0.1) is 25.9 Å². The number of carboxylic acids is 1. The van der Waals surface area contributed by atoms with Gasteiger partial charge in [-0.25, -0.2) is 9.59 Å². The average Bonchev–Trinajstić information content (AvgIpc) is 2.91. The van der Waals surface area contributed by atoms with Gasteiger partial charge in [-0.15, -0.1) is 0 Å². The van der Waals surface area contributed by atoms with Gasteiger partial charge >= 0.3 is 11.9 Å². The summed E-state index contributed by atoms with van der Waals surface area (Å²) in [5, 5.41) is 19.1. The molecule has 9 nitrogen and oxygen atoms in total. The molecule has 24 heavy (non-hydrogen) atoms. The first-order valence-electron chi connectivity index (χ1n) is 7.35. The van der Waals surface area contributed by atoms with Gasteiger partial charge in [-0.3, -0.25) is 4.79 Å². The maximum Gasteiger partial charge on any atom is 0.359 e. The fraction of sp³-hybridized carbons (Fsp3) is 0.533. The fourth-order valence-corrected chi connectivity index (χ4v) is 2.52. The number of esters is 1. The molecular weight excluding hydrogens is 322 g/mol. The van der Waals surface area contributed by atoms with E-state index in [0.717, 1.165) is 13.3 Å². The molecular formula is C15H19NO8. The van der Waals surface area contributed by atoms with Crippen LogP contribution in [0.5, 0.6) is 5.75 Å². The molecule has 1 aliphatic heterocycles. The number of pyridine rings is 1. The normalized spacial score (nSPS) is 20.2.